The highest BCUT2D eigenvalue weighted by Crippen LogP contribution is 2.26. The van der Waals surface area contributed by atoms with Crippen molar-refractivity contribution in [3.05, 3.63) is 59.3 Å². The summed E-state index contributed by atoms with van der Waals surface area (Å²) >= 11 is 5.66. The number of nitrogens with one attached hydrogen (secondary N) is 2. The third-order valence-corrected chi connectivity index (χ3v) is 5.05. The largest absolute Gasteiger partial charge is 0.484 e. The molecule has 0 aliphatic carbocycles. The minimum Gasteiger partial charge on any atom is -0.484 e. The molecule has 0 saturated carbocycles. The molecule has 0 fully saturated rings. The number of anilines is 3. The number of sulfonamides is 1. The smallest absolute Gasteiger partial charge is 0.422 e. The standard InChI is InChI=1S/C18H15ClF4N6O3S/c19-11-4-13(20)17(26-7-11)29-16-5-15(27-9-28-16)25-6-10-3-12(33(24,30)31)1-2-14(10)32-8-18(21,22)23/h1-5,7,9H,6,8H2,(H2,24,30,31)(H2,25,26,27,28,29). The maximum atomic E-state index is 13.9. The Labute approximate surface area is 190 Å². The number of ether oxygens (including phenoxy) is 1. The van der Waals surface area contributed by atoms with E-state index in [9.17, 15) is 26.0 Å². The quantitative estimate of drug-likeness (QED) is 0.395. The normalized spacial score (nSPS) is 11.8. The number of hydrogen-bond donors (Lipinski definition) is 3. The molecule has 0 saturated heterocycles. The third-order valence-electron chi connectivity index (χ3n) is 3.93. The van der Waals surface area contributed by atoms with Crippen molar-refractivity contribution in [2.45, 2.75) is 17.6 Å². The van der Waals surface area contributed by atoms with Crippen molar-refractivity contribution in [3.63, 3.8) is 0 Å². The van der Waals surface area contributed by atoms with Gasteiger partial charge in [0, 0.05) is 24.4 Å². The molecule has 15 heteroatoms. The van der Waals surface area contributed by atoms with E-state index in [0.29, 0.717) is 0 Å². The number of hydrogen-bond acceptors (Lipinski definition) is 8. The van der Waals surface area contributed by atoms with E-state index < -0.39 is 28.6 Å². The molecule has 0 atom stereocenters. The number of rotatable bonds is 8. The van der Waals surface area contributed by atoms with Crippen LogP contribution in [0.4, 0.5) is 35.0 Å². The van der Waals surface area contributed by atoms with Crippen molar-refractivity contribution in [1.29, 1.82) is 0 Å². The van der Waals surface area contributed by atoms with Crippen LogP contribution in [0.2, 0.25) is 5.02 Å². The molecule has 3 aromatic rings. The lowest BCUT2D eigenvalue weighted by atomic mass is 10.2. The highest BCUT2D eigenvalue weighted by molar-refractivity contribution is 7.89. The van der Waals surface area contributed by atoms with Crippen molar-refractivity contribution >= 4 is 39.1 Å². The van der Waals surface area contributed by atoms with Crippen LogP contribution in [0.3, 0.4) is 0 Å². The molecule has 3 rings (SSSR count). The van der Waals surface area contributed by atoms with E-state index in [-0.39, 0.29) is 45.2 Å². The number of nitrogens with zero attached hydrogens (tertiary/aromatic N) is 3. The molecule has 0 aliphatic heterocycles. The van der Waals surface area contributed by atoms with Gasteiger partial charge in [0.15, 0.2) is 18.2 Å². The van der Waals surface area contributed by atoms with Gasteiger partial charge in [0.05, 0.1) is 9.92 Å². The topological polar surface area (TPSA) is 132 Å². The zero-order chi connectivity index (χ0) is 24.2. The van der Waals surface area contributed by atoms with E-state index >= 15 is 0 Å². The summed E-state index contributed by atoms with van der Waals surface area (Å²) in [4.78, 5) is 11.4. The van der Waals surface area contributed by atoms with Crippen molar-refractivity contribution < 1.29 is 30.7 Å². The molecule has 0 amide bonds. The number of nitrogens with two attached hydrogens (primary N) is 1. The summed E-state index contributed by atoms with van der Waals surface area (Å²) < 4.78 is 79.6. The Bertz CT molecular complexity index is 1260. The number of primary sulfonamides is 1. The van der Waals surface area contributed by atoms with Crippen LogP contribution in [0.5, 0.6) is 5.75 Å². The summed E-state index contributed by atoms with van der Waals surface area (Å²) in [6.07, 6.45) is -2.23. The van der Waals surface area contributed by atoms with Gasteiger partial charge in [-0.15, -0.1) is 0 Å². The summed E-state index contributed by atoms with van der Waals surface area (Å²) in [5.41, 5.74) is 0.0734. The molecule has 0 spiro atoms. The average molecular weight is 507 g/mol. The van der Waals surface area contributed by atoms with E-state index in [1.54, 1.807) is 0 Å². The Morgan fingerprint density at radius 1 is 1.09 bits per heavy atom. The second kappa shape index (κ2) is 9.72. The number of benzene rings is 1. The summed E-state index contributed by atoms with van der Waals surface area (Å²) in [5, 5.41) is 10.6. The van der Waals surface area contributed by atoms with Crippen LogP contribution in [0, 0.1) is 5.82 Å². The molecule has 2 heterocycles. The van der Waals surface area contributed by atoms with Crippen molar-refractivity contribution in [2.24, 2.45) is 5.14 Å². The van der Waals surface area contributed by atoms with E-state index in [2.05, 4.69) is 25.6 Å². The van der Waals surface area contributed by atoms with Gasteiger partial charge in [-0.05, 0) is 24.3 Å². The zero-order valence-corrected chi connectivity index (χ0v) is 18.0. The van der Waals surface area contributed by atoms with Gasteiger partial charge in [-0.3, -0.25) is 0 Å². The van der Waals surface area contributed by atoms with Gasteiger partial charge in [0.25, 0.3) is 0 Å². The number of aromatic nitrogens is 3. The summed E-state index contributed by atoms with van der Waals surface area (Å²) in [7, 11) is -4.11. The van der Waals surface area contributed by atoms with E-state index in [4.69, 9.17) is 21.5 Å². The van der Waals surface area contributed by atoms with Crippen LogP contribution in [0.15, 0.2) is 47.8 Å². The predicted octanol–water partition coefficient (Wildman–Crippen LogP) is 3.61. The molecule has 9 nitrogen and oxygen atoms in total. The first-order valence-electron chi connectivity index (χ1n) is 8.90. The maximum absolute atomic E-state index is 13.9. The van der Waals surface area contributed by atoms with Crippen LogP contribution in [0.25, 0.3) is 0 Å². The third kappa shape index (κ3) is 7.13. The molecule has 0 bridgehead atoms. The fraction of sp³-hybridized carbons (Fsp3) is 0.167. The highest BCUT2D eigenvalue weighted by atomic mass is 35.5. The molecule has 0 aliphatic rings. The van der Waals surface area contributed by atoms with Gasteiger partial charge >= 0.3 is 6.18 Å². The lowest BCUT2D eigenvalue weighted by Gasteiger charge is -2.15. The van der Waals surface area contributed by atoms with E-state index in [1.807, 2.05) is 0 Å². The molecule has 176 valence electrons. The summed E-state index contributed by atoms with van der Waals surface area (Å²) in [5.74, 6) is -0.737. The van der Waals surface area contributed by atoms with Gasteiger partial charge in [0.2, 0.25) is 10.0 Å². The van der Waals surface area contributed by atoms with Crippen LogP contribution in [-0.2, 0) is 16.6 Å². The Morgan fingerprint density at radius 2 is 1.82 bits per heavy atom. The summed E-state index contributed by atoms with van der Waals surface area (Å²) in [6, 6.07) is 5.62. The zero-order valence-electron chi connectivity index (χ0n) is 16.4. The van der Waals surface area contributed by atoms with Gasteiger partial charge in [-0.2, -0.15) is 13.2 Å². The maximum Gasteiger partial charge on any atom is 0.422 e. The highest BCUT2D eigenvalue weighted by Gasteiger charge is 2.29. The van der Waals surface area contributed by atoms with Gasteiger partial charge < -0.3 is 15.4 Å². The summed E-state index contributed by atoms with van der Waals surface area (Å²) in [6.45, 7) is -1.75. The molecular formula is C18H15ClF4N6O3S. The van der Waals surface area contributed by atoms with E-state index in [0.717, 1.165) is 30.6 Å². The van der Waals surface area contributed by atoms with Crippen LogP contribution in [-0.4, -0.2) is 36.2 Å². The van der Waals surface area contributed by atoms with Gasteiger partial charge in [-0.25, -0.2) is 32.9 Å². The van der Waals surface area contributed by atoms with Crippen molar-refractivity contribution in [1.82, 2.24) is 15.0 Å². The van der Waals surface area contributed by atoms with E-state index in [1.165, 1.54) is 12.3 Å². The predicted molar refractivity (Wildman–Crippen MR) is 111 cm³/mol. The SMILES string of the molecule is NS(=O)(=O)c1ccc(OCC(F)(F)F)c(CNc2cc(Nc3ncc(Cl)cc3F)ncn2)c1. The van der Waals surface area contributed by atoms with Gasteiger partial charge in [-0.1, -0.05) is 11.6 Å². The minimum atomic E-state index is -4.60. The van der Waals surface area contributed by atoms with Crippen LogP contribution in [0.1, 0.15) is 5.56 Å². The first kappa shape index (κ1) is 24.4. The average Bonchev–Trinajstić information content (AvgIpc) is 2.72. The monoisotopic (exact) mass is 506 g/mol. The Balaban J connectivity index is 1.79. The lowest BCUT2D eigenvalue weighted by molar-refractivity contribution is -0.153. The number of pyridine rings is 1. The van der Waals surface area contributed by atoms with Crippen LogP contribution >= 0.6 is 11.6 Å². The van der Waals surface area contributed by atoms with Crippen molar-refractivity contribution in [3.8, 4) is 5.75 Å². The molecular weight excluding hydrogens is 492 g/mol. The number of alkyl halides is 3. The molecule has 0 radical (unpaired) electrons. The molecule has 4 N–H and O–H groups in total. The molecule has 33 heavy (non-hydrogen) atoms. The lowest BCUT2D eigenvalue weighted by Crippen LogP contribution is -2.20. The van der Waals surface area contributed by atoms with Crippen molar-refractivity contribution in [2.75, 3.05) is 17.2 Å². The number of halogens is 5. The molecule has 1 aromatic carbocycles. The fourth-order valence-electron chi connectivity index (χ4n) is 2.51. The molecule has 2 aromatic heterocycles. The Kier molecular flexibility index (Phi) is 7.19. The fourth-order valence-corrected chi connectivity index (χ4v) is 3.22. The second-order valence-electron chi connectivity index (χ2n) is 6.47. The molecule has 0 unspecified atom stereocenters. The van der Waals surface area contributed by atoms with Crippen LogP contribution < -0.4 is 20.5 Å². The minimum absolute atomic E-state index is 0.0734. The Morgan fingerprint density at radius 3 is 2.48 bits per heavy atom. The van der Waals surface area contributed by atoms with Gasteiger partial charge in [0.1, 0.15) is 23.7 Å². The first-order valence-corrected chi connectivity index (χ1v) is 10.8. The first-order chi connectivity index (χ1) is 15.4. The Hall–Kier alpha value is -3.23. The second-order valence-corrected chi connectivity index (χ2v) is 8.47.